The standard InChI is InChI=1S/C25H31ClFN3O4/c1-24(2,3)30-22(32)17-8-7-11-28-19(17)14-21(31)20(29-23(33)34-25(4,5)6)13-15-12-16(27)9-10-18(15)26/h7-12,20H,13-14H2,1-6H3,(H,29,33)(H,30,32). The Morgan fingerprint density at radius 1 is 1.12 bits per heavy atom. The summed E-state index contributed by atoms with van der Waals surface area (Å²) in [5.74, 6) is -1.32. The number of halogens is 2. The summed E-state index contributed by atoms with van der Waals surface area (Å²) in [4.78, 5) is 42.7. The van der Waals surface area contributed by atoms with Crippen molar-refractivity contribution in [3.8, 4) is 0 Å². The minimum atomic E-state index is -1.09. The number of carbonyl (C=O) groups excluding carboxylic acids is 3. The van der Waals surface area contributed by atoms with Crippen LogP contribution in [0.1, 0.15) is 63.2 Å². The van der Waals surface area contributed by atoms with E-state index in [9.17, 15) is 18.8 Å². The number of nitrogens with one attached hydrogen (secondary N) is 2. The molecule has 2 N–H and O–H groups in total. The first-order valence-corrected chi connectivity index (χ1v) is 11.2. The number of hydrogen-bond donors (Lipinski definition) is 2. The molecule has 34 heavy (non-hydrogen) atoms. The number of ether oxygens (including phenoxy) is 1. The Bertz CT molecular complexity index is 1060. The molecule has 0 aliphatic heterocycles. The Morgan fingerprint density at radius 2 is 1.79 bits per heavy atom. The van der Waals surface area contributed by atoms with E-state index in [-0.39, 0.29) is 35.0 Å². The van der Waals surface area contributed by atoms with Crippen molar-refractivity contribution in [1.82, 2.24) is 15.6 Å². The van der Waals surface area contributed by atoms with Gasteiger partial charge in [-0.1, -0.05) is 11.6 Å². The van der Waals surface area contributed by atoms with Gasteiger partial charge in [-0.3, -0.25) is 14.6 Å². The molecule has 2 rings (SSSR count). The molecule has 1 aromatic heterocycles. The van der Waals surface area contributed by atoms with Gasteiger partial charge in [-0.05, 0) is 77.4 Å². The lowest BCUT2D eigenvalue weighted by atomic mass is 9.97. The first-order chi connectivity index (χ1) is 15.6. The average molecular weight is 492 g/mol. The molecule has 0 aliphatic carbocycles. The summed E-state index contributed by atoms with van der Waals surface area (Å²) >= 11 is 6.19. The number of alkyl carbamates (subject to hydrolysis) is 1. The van der Waals surface area contributed by atoms with E-state index in [1.165, 1.54) is 24.4 Å². The van der Waals surface area contributed by atoms with Gasteiger partial charge in [-0.2, -0.15) is 0 Å². The molecule has 1 atom stereocenters. The number of aromatic nitrogens is 1. The van der Waals surface area contributed by atoms with Crippen molar-refractivity contribution in [2.24, 2.45) is 0 Å². The molecule has 2 aromatic rings. The maximum Gasteiger partial charge on any atom is 0.408 e. The Kier molecular flexibility index (Phi) is 8.78. The Hall–Kier alpha value is -3.00. The van der Waals surface area contributed by atoms with Crippen molar-refractivity contribution < 1.29 is 23.5 Å². The molecule has 0 fully saturated rings. The van der Waals surface area contributed by atoms with E-state index >= 15 is 0 Å². The summed E-state index contributed by atoms with van der Waals surface area (Å²) in [6.45, 7) is 10.6. The van der Waals surface area contributed by atoms with Crippen molar-refractivity contribution in [1.29, 1.82) is 0 Å². The van der Waals surface area contributed by atoms with Gasteiger partial charge in [-0.15, -0.1) is 0 Å². The molecule has 0 aliphatic rings. The highest BCUT2D eigenvalue weighted by molar-refractivity contribution is 6.31. The lowest BCUT2D eigenvalue weighted by Crippen LogP contribution is -2.45. The van der Waals surface area contributed by atoms with Crippen LogP contribution >= 0.6 is 11.6 Å². The third-order valence-electron chi connectivity index (χ3n) is 4.48. The highest BCUT2D eigenvalue weighted by Crippen LogP contribution is 2.20. The maximum absolute atomic E-state index is 13.8. The van der Waals surface area contributed by atoms with Gasteiger partial charge in [0, 0.05) is 23.2 Å². The molecular formula is C25H31ClFN3O4. The normalized spacial score (nSPS) is 12.6. The van der Waals surface area contributed by atoms with Crippen molar-refractivity contribution >= 4 is 29.4 Å². The minimum Gasteiger partial charge on any atom is -0.444 e. The number of ketones is 1. The number of pyridine rings is 1. The van der Waals surface area contributed by atoms with Crippen LogP contribution in [0.15, 0.2) is 36.5 Å². The molecule has 0 saturated carbocycles. The summed E-state index contributed by atoms with van der Waals surface area (Å²) in [6, 6.07) is 5.90. The second kappa shape index (κ2) is 11.0. The Balaban J connectivity index is 2.32. The predicted octanol–water partition coefficient (Wildman–Crippen LogP) is 4.65. The highest BCUT2D eigenvalue weighted by atomic mass is 35.5. The van der Waals surface area contributed by atoms with Crippen LogP contribution in [0.2, 0.25) is 5.02 Å². The summed E-state index contributed by atoms with van der Waals surface area (Å²) in [6.07, 6.45) is 0.382. The van der Waals surface area contributed by atoms with Gasteiger partial charge >= 0.3 is 6.09 Å². The van der Waals surface area contributed by atoms with Crippen LogP contribution in [0.5, 0.6) is 0 Å². The summed E-state index contributed by atoms with van der Waals surface area (Å²) in [5.41, 5.74) is -0.403. The fourth-order valence-corrected chi connectivity index (χ4v) is 3.29. The predicted molar refractivity (Wildman–Crippen MR) is 128 cm³/mol. The van der Waals surface area contributed by atoms with E-state index in [1.807, 2.05) is 20.8 Å². The molecule has 1 unspecified atom stereocenters. The van der Waals surface area contributed by atoms with Gasteiger partial charge in [0.25, 0.3) is 5.91 Å². The van der Waals surface area contributed by atoms with E-state index in [2.05, 4.69) is 15.6 Å². The van der Waals surface area contributed by atoms with Gasteiger partial charge in [0.15, 0.2) is 5.78 Å². The van der Waals surface area contributed by atoms with Gasteiger partial charge in [0.2, 0.25) is 0 Å². The highest BCUT2D eigenvalue weighted by Gasteiger charge is 2.27. The van der Waals surface area contributed by atoms with E-state index < -0.39 is 34.9 Å². The second-order valence-corrected chi connectivity index (χ2v) is 10.4. The van der Waals surface area contributed by atoms with Crippen LogP contribution < -0.4 is 10.6 Å². The summed E-state index contributed by atoms with van der Waals surface area (Å²) in [7, 11) is 0. The maximum atomic E-state index is 13.8. The largest absolute Gasteiger partial charge is 0.444 e. The second-order valence-electron chi connectivity index (χ2n) is 9.98. The number of carbonyl (C=O) groups is 3. The van der Waals surface area contributed by atoms with E-state index in [1.54, 1.807) is 32.9 Å². The van der Waals surface area contributed by atoms with Gasteiger partial charge in [0.1, 0.15) is 11.4 Å². The average Bonchev–Trinajstić information content (AvgIpc) is 2.67. The van der Waals surface area contributed by atoms with Gasteiger partial charge in [0.05, 0.1) is 23.7 Å². The SMILES string of the molecule is CC(C)(C)NC(=O)c1cccnc1CC(=O)C(Cc1cc(F)ccc1Cl)NC(=O)OC(C)(C)C. The Morgan fingerprint density at radius 3 is 2.41 bits per heavy atom. The van der Waals surface area contributed by atoms with E-state index in [0.29, 0.717) is 5.56 Å². The summed E-state index contributed by atoms with van der Waals surface area (Å²) < 4.78 is 19.1. The van der Waals surface area contributed by atoms with Crippen molar-refractivity contribution in [3.05, 3.63) is 64.2 Å². The van der Waals surface area contributed by atoms with Gasteiger partial charge in [-0.25, -0.2) is 9.18 Å². The molecule has 184 valence electrons. The van der Waals surface area contributed by atoms with E-state index in [0.717, 1.165) is 0 Å². The zero-order valence-corrected chi connectivity index (χ0v) is 21.0. The number of amides is 2. The Labute approximate surface area is 204 Å². The third kappa shape index (κ3) is 8.74. The molecule has 0 bridgehead atoms. The third-order valence-corrected chi connectivity index (χ3v) is 4.85. The lowest BCUT2D eigenvalue weighted by molar-refractivity contribution is -0.120. The molecule has 0 radical (unpaired) electrons. The van der Waals surface area contributed by atoms with Crippen LogP contribution in [0.4, 0.5) is 9.18 Å². The lowest BCUT2D eigenvalue weighted by Gasteiger charge is -2.24. The number of benzene rings is 1. The monoisotopic (exact) mass is 491 g/mol. The van der Waals surface area contributed by atoms with Crippen LogP contribution in [0.3, 0.4) is 0 Å². The smallest absolute Gasteiger partial charge is 0.408 e. The molecule has 1 aromatic carbocycles. The number of nitrogens with zero attached hydrogens (tertiary/aromatic N) is 1. The van der Waals surface area contributed by atoms with Crippen LogP contribution in [0.25, 0.3) is 0 Å². The van der Waals surface area contributed by atoms with Crippen molar-refractivity contribution in [2.75, 3.05) is 0 Å². The number of rotatable bonds is 7. The van der Waals surface area contributed by atoms with Crippen LogP contribution in [-0.4, -0.2) is 39.9 Å². The first-order valence-electron chi connectivity index (χ1n) is 10.9. The molecule has 2 amide bonds. The topological polar surface area (TPSA) is 97.4 Å². The van der Waals surface area contributed by atoms with Crippen molar-refractivity contribution in [2.45, 2.75) is 71.6 Å². The molecule has 9 heteroatoms. The van der Waals surface area contributed by atoms with Crippen molar-refractivity contribution in [3.63, 3.8) is 0 Å². The molecule has 7 nitrogen and oxygen atoms in total. The first kappa shape index (κ1) is 27.2. The molecule has 1 heterocycles. The fraction of sp³-hybridized carbons (Fsp3) is 0.440. The zero-order chi connectivity index (χ0) is 25.7. The van der Waals surface area contributed by atoms with Crippen LogP contribution in [0, 0.1) is 5.82 Å². The van der Waals surface area contributed by atoms with E-state index in [4.69, 9.17) is 16.3 Å². The number of Topliss-reactive ketones (excluding diaryl/α,β-unsaturated/α-hetero) is 1. The molecule has 0 spiro atoms. The number of hydrogen-bond acceptors (Lipinski definition) is 5. The van der Waals surface area contributed by atoms with Crippen LogP contribution in [-0.2, 0) is 22.4 Å². The fourth-order valence-electron chi connectivity index (χ4n) is 3.10. The quantitative estimate of drug-likeness (QED) is 0.587. The zero-order valence-electron chi connectivity index (χ0n) is 20.3. The molecule has 0 saturated heterocycles. The summed E-state index contributed by atoms with van der Waals surface area (Å²) in [5, 5.41) is 5.66. The van der Waals surface area contributed by atoms with Gasteiger partial charge < -0.3 is 15.4 Å². The minimum absolute atomic E-state index is 0.0645. The molecular weight excluding hydrogens is 461 g/mol.